The number of aromatic nitrogens is 2. The quantitative estimate of drug-likeness (QED) is 0.879. The molecule has 0 amide bonds. The van der Waals surface area contributed by atoms with Gasteiger partial charge in [0.1, 0.15) is 11.8 Å². The number of cyclic esters (lactones) is 1. The maximum absolute atomic E-state index is 12.0. The first-order valence-corrected chi connectivity index (χ1v) is 7.13. The highest BCUT2D eigenvalue weighted by Crippen LogP contribution is 2.23. The van der Waals surface area contributed by atoms with Crippen molar-refractivity contribution in [2.24, 2.45) is 0 Å². The van der Waals surface area contributed by atoms with E-state index in [-0.39, 0.29) is 11.8 Å². The van der Waals surface area contributed by atoms with Crippen molar-refractivity contribution >= 4 is 23.5 Å². The Kier molecular flexibility index (Phi) is 3.85. The van der Waals surface area contributed by atoms with E-state index in [0.717, 1.165) is 5.56 Å². The number of H-pyrrole nitrogens is 1. The standard InChI is InChI=1S/C15H13ClN2O4/c1-8-5-13(15(20)21-8)22-14(19)12-7-11(17-18-12)9-3-2-4-10(16)6-9/h2-4,6-8,13H,5H2,1H3,(H,17,18). The summed E-state index contributed by atoms with van der Waals surface area (Å²) >= 11 is 5.93. The van der Waals surface area contributed by atoms with Gasteiger partial charge in [-0.3, -0.25) is 5.10 Å². The molecular formula is C15H13ClN2O4. The molecule has 2 unspecified atom stereocenters. The number of nitrogens with zero attached hydrogens (tertiary/aromatic N) is 1. The van der Waals surface area contributed by atoms with Gasteiger partial charge in [-0.25, -0.2) is 9.59 Å². The van der Waals surface area contributed by atoms with Crippen LogP contribution in [0.4, 0.5) is 0 Å². The summed E-state index contributed by atoms with van der Waals surface area (Å²) in [4.78, 5) is 23.5. The molecular weight excluding hydrogens is 308 g/mol. The number of benzene rings is 1. The zero-order valence-electron chi connectivity index (χ0n) is 11.7. The number of carbonyl (C=O) groups is 2. The Balaban J connectivity index is 1.73. The summed E-state index contributed by atoms with van der Waals surface area (Å²) in [6, 6.07) is 8.66. The van der Waals surface area contributed by atoms with Crippen LogP contribution in [0.15, 0.2) is 30.3 Å². The average molecular weight is 321 g/mol. The molecule has 0 saturated carbocycles. The molecule has 1 aromatic heterocycles. The van der Waals surface area contributed by atoms with Crippen molar-refractivity contribution in [3.8, 4) is 11.3 Å². The Morgan fingerprint density at radius 3 is 2.95 bits per heavy atom. The van der Waals surface area contributed by atoms with Crippen molar-refractivity contribution < 1.29 is 19.1 Å². The molecule has 22 heavy (non-hydrogen) atoms. The highest BCUT2D eigenvalue weighted by molar-refractivity contribution is 6.30. The Labute approximate surface area is 131 Å². The predicted molar refractivity (Wildman–Crippen MR) is 78.4 cm³/mol. The monoisotopic (exact) mass is 320 g/mol. The molecule has 1 N–H and O–H groups in total. The fourth-order valence-corrected chi connectivity index (χ4v) is 2.42. The summed E-state index contributed by atoms with van der Waals surface area (Å²) in [5.41, 5.74) is 1.51. The fourth-order valence-electron chi connectivity index (χ4n) is 2.23. The highest BCUT2D eigenvalue weighted by Gasteiger charge is 2.35. The lowest BCUT2D eigenvalue weighted by atomic mass is 10.1. The van der Waals surface area contributed by atoms with E-state index >= 15 is 0 Å². The number of carbonyl (C=O) groups excluding carboxylic acids is 2. The Morgan fingerprint density at radius 1 is 1.45 bits per heavy atom. The summed E-state index contributed by atoms with van der Waals surface area (Å²) < 4.78 is 10.1. The molecule has 1 aliphatic rings. The number of nitrogens with one attached hydrogen (secondary N) is 1. The molecule has 2 aromatic rings. The maximum Gasteiger partial charge on any atom is 0.357 e. The van der Waals surface area contributed by atoms with Crippen molar-refractivity contribution in [1.29, 1.82) is 0 Å². The Hall–Kier alpha value is -2.34. The van der Waals surface area contributed by atoms with E-state index in [0.29, 0.717) is 17.1 Å². The molecule has 3 rings (SSSR count). The fraction of sp³-hybridized carbons (Fsp3) is 0.267. The lowest BCUT2D eigenvalue weighted by Gasteiger charge is -2.06. The number of hydrogen-bond donors (Lipinski definition) is 1. The van der Waals surface area contributed by atoms with Gasteiger partial charge in [-0.1, -0.05) is 23.7 Å². The Bertz CT molecular complexity index is 728. The van der Waals surface area contributed by atoms with Gasteiger partial charge in [-0.05, 0) is 25.1 Å². The molecule has 1 fully saturated rings. The van der Waals surface area contributed by atoms with Gasteiger partial charge in [0.2, 0.25) is 6.10 Å². The second-order valence-electron chi connectivity index (χ2n) is 5.05. The van der Waals surface area contributed by atoms with Crippen LogP contribution in [0, 0.1) is 0 Å². The minimum absolute atomic E-state index is 0.169. The summed E-state index contributed by atoms with van der Waals surface area (Å²) in [7, 11) is 0. The Morgan fingerprint density at radius 2 is 2.27 bits per heavy atom. The van der Waals surface area contributed by atoms with E-state index < -0.39 is 18.0 Å². The first-order valence-electron chi connectivity index (χ1n) is 6.76. The normalized spacial score (nSPS) is 20.7. The second kappa shape index (κ2) is 5.81. The smallest absolute Gasteiger partial charge is 0.357 e. The predicted octanol–water partition coefficient (Wildman–Crippen LogP) is 2.59. The van der Waals surface area contributed by atoms with Gasteiger partial charge < -0.3 is 9.47 Å². The molecule has 7 heteroatoms. The molecule has 1 saturated heterocycles. The van der Waals surface area contributed by atoms with Gasteiger partial charge in [0.15, 0.2) is 0 Å². The zero-order chi connectivity index (χ0) is 15.7. The third-order valence-corrected chi connectivity index (χ3v) is 3.53. The third kappa shape index (κ3) is 2.96. The first-order chi connectivity index (χ1) is 10.5. The van der Waals surface area contributed by atoms with Crippen LogP contribution in [0.3, 0.4) is 0 Å². The maximum atomic E-state index is 12.0. The molecule has 0 bridgehead atoms. The van der Waals surface area contributed by atoms with Crippen molar-refractivity contribution in [1.82, 2.24) is 10.2 Å². The van der Waals surface area contributed by atoms with Gasteiger partial charge >= 0.3 is 11.9 Å². The zero-order valence-corrected chi connectivity index (χ0v) is 12.5. The first kappa shape index (κ1) is 14.6. The van der Waals surface area contributed by atoms with Crippen molar-refractivity contribution in [3.63, 3.8) is 0 Å². The van der Waals surface area contributed by atoms with Crippen LogP contribution in [0.25, 0.3) is 11.3 Å². The van der Waals surface area contributed by atoms with Gasteiger partial charge in [0, 0.05) is 17.0 Å². The molecule has 1 aliphatic heterocycles. The van der Waals surface area contributed by atoms with Crippen LogP contribution in [-0.2, 0) is 14.3 Å². The molecule has 0 aliphatic carbocycles. The molecule has 2 heterocycles. The molecule has 114 valence electrons. The number of esters is 2. The van der Waals surface area contributed by atoms with Crippen LogP contribution in [-0.4, -0.2) is 34.3 Å². The lowest BCUT2D eigenvalue weighted by Crippen LogP contribution is -2.22. The van der Waals surface area contributed by atoms with Gasteiger partial charge in [0.25, 0.3) is 0 Å². The van der Waals surface area contributed by atoms with Gasteiger partial charge in [-0.15, -0.1) is 0 Å². The largest absolute Gasteiger partial charge is 0.460 e. The second-order valence-corrected chi connectivity index (χ2v) is 5.49. The minimum Gasteiger partial charge on any atom is -0.460 e. The minimum atomic E-state index is -0.861. The third-order valence-electron chi connectivity index (χ3n) is 3.29. The highest BCUT2D eigenvalue weighted by atomic mass is 35.5. The summed E-state index contributed by atoms with van der Waals surface area (Å²) in [5, 5.41) is 7.24. The number of rotatable bonds is 3. The van der Waals surface area contributed by atoms with Crippen molar-refractivity contribution in [2.45, 2.75) is 25.6 Å². The van der Waals surface area contributed by atoms with Crippen LogP contribution < -0.4 is 0 Å². The van der Waals surface area contributed by atoms with E-state index in [4.69, 9.17) is 21.1 Å². The number of ether oxygens (including phenoxy) is 2. The van der Waals surface area contributed by atoms with E-state index in [9.17, 15) is 9.59 Å². The summed E-state index contributed by atoms with van der Waals surface area (Å²) in [6.07, 6.45) is -0.741. The van der Waals surface area contributed by atoms with Crippen LogP contribution in [0.1, 0.15) is 23.8 Å². The molecule has 0 radical (unpaired) electrons. The number of halogens is 1. The van der Waals surface area contributed by atoms with Crippen LogP contribution >= 0.6 is 11.6 Å². The molecule has 2 atom stereocenters. The topological polar surface area (TPSA) is 81.3 Å². The molecule has 6 nitrogen and oxygen atoms in total. The van der Waals surface area contributed by atoms with E-state index in [2.05, 4.69) is 10.2 Å². The SMILES string of the molecule is CC1CC(OC(=O)c2cc(-c3cccc(Cl)c3)n[nH]2)C(=O)O1. The van der Waals surface area contributed by atoms with Crippen LogP contribution in [0.5, 0.6) is 0 Å². The van der Waals surface area contributed by atoms with Gasteiger partial charge in [-0.2, -0.15) is 5.10 Å². The van der Waals surface area contributed by atoms with E-state index in [1.165, 1.54) is 0 Å². The van der Waals surface area contributed by atoms with E-state index in [1.54, 1.807) is 31.2 Å². The summed E-state index contributed by atoms with van der Waals surface area (Å²) in [6.45, 7) is 1.75. The lowest BCUT2D eigenvalue weighted by molar-refractivity contribution is -0.147. The molecule has 0 spiro atoms. The number of hydrogen-bond acceptors (Lipinski definition) is 5. The molecule has 1 aromatic carbocycles. The van der Waals surface area contributed by atoms with Crippen molar-refractivity contribution in [3.05, 3.63) is 41.0 Å². The average Bonchev–Trinajstić information content (AvgIpc) is 3.06. The number of aromatic amines is 1. The van der Waals surface area contributed by atoms with Crippen LogP contribution in [0.2, 0.25) is 5.02 Å². The van der Waals surface area contributed by atoms with E-state index in [1.807, 2.05) is 6.07 Å². The summed E-state index contributed by atoms with van der Waals surface area (Å²) in [5.74, 6) is -1.16. The van der Waals surface area contributed by atoms with Gasteiger partial charge in [0.05, 0.1) is 5.69 Å². The van der Waals surface area contributed by atoms with Crippen molar-refractivity contribution in [2.75, 3.05) is 0 Å².